The molecule has 0 bridgehead atoms. The highest BCUT2D eigenvalue weighted by Gasteiger charge is 2.26. The van der Waals surface area contributed by atoms with Crippen LogP contribution >= 0.6 is 0 Å². The maximum absolute atomic E-state index is 12.9. The number of morpholine rings is 1. The van der Waals surface area contributed by atoms with E-state index in [0.29, 0.717) is 31.4 Å². The molecule has 2 aliphatic rings. The van der Waals surface area contributed by atoms with Crippen LogP contribution in [0.5, 0.6) is 0 Å². The number of carbonyl (C=O) groups excluding carboxylic acids is 1. The summed E-state index contributed by atoms with van der Waals surface area (Å²) in [5, 5.41) is 11.4. The van der Waals surface area contributed by atoms with Crippen LogP contribution in [0.4, 0.5) is 5.69 Å². The van der Waals surface area contributed by atoms with Crippen molar-refractivity contribution in [2.75, 3.05) is 31.6 Å². The zero-order chi connectivity index (χ0) is 21.8. The Kier molecular flexibility index (Phi) is 6.57. The molecule has 0 spiro atoms. The number of primary sulfonamides is 1. The van der Waals surface area contributed by atoms with Crippen molar-refractivity contribution in [1.29, 1.82) is 0 Å². The fraction of sp³-hybridized carbons (Fsp3) is 0.409. The number of anilines is 1. The molecule has 1 amide bonds. The number of carbonyl (C=O) groups is 1. The average molecular weight is 445 g/mol. The number of hydrogen-bond acceptors (Lipinski definition) is 6. The molecule has 1 unspecified atom stereocenters. The summed E-state index contributed by atoms with van der Waals surface area (Å²) in [6.07, 6.45) is 1.93. The second-order valence-corrected chi connectivity index (χ2v) is 9.66. The highest BCUT2D eigenvalue weighted by molar-refractivity contribution is 7.89. The van der Waals surface area contributed by atoms with Gasteiger partial charge in [0.2, 0.25) is 10.0 Å². The topological polar surface area (TPSA) is 114 Å². The van der Waals surface area contributed by atoms with Gasteiger partial charge in [-0.1, -0.05) is 30.3 Å². The first-order valence-corrected chi connectivity index (χ1v) is 12.0. The Balaban J connectivity index is 1.39. The van der Waals surface area contributed by atoms with E-state index >= 15 is 0 Å². The molecule has 2 aromatic carbocycles. The molecule has 8 nitrogen and oxygen atoms in total. The quantitative estimate of drug-likeness (QED) is 0.569. The molecular formula is C22H28N4O4S. The van der Waals surface area contributed by atoms with Gasteiger partial charge >= 0.3 is 0 Å². The van der Waals surface area contributed by atoms with Gasteiger partial charge in [-0.2, -0.15) is 0 Å². The summed E-state index contributed by atoms with van der Waals surface area (Å²) in [6.45, 7) is 3.32. The van der Waals surface area contributed by atoms with Gasteiger partial charge in [-0.25, -0.2) is 13.6 Å². The van der Waals surface area contributed by atoms with Gasteiger partial charge in [0.15, 0.2) is 0 Å². The Bertz CT molecular complexity index is 1030. The molecular weight excluding hydrogens is 416 g/mol. The van der Waals surface area contributed by atoms with Crippen molar-refractivity contribution < 1.29 is 17.9 Å². The zero-order valence-electron chi connectivity index (χ0n) is 17.3. The van der Waals surface area contributed by atoms with Gasteiger partial charge in [-0.3, -0.25) is 9.69 Å². The molecule has 1 atom stereocenters. The maximum Gasteiger partial charge on any atom is 0.253 e. The molecule has 1 heterocycles. The zero-order valence-corrected chi connectivity index (χ0v) is 18.1. The van der Waals surface area contributed by atoms with Gasteiger partial charge in [0.25, 0.3) is 5.91 Å². The summed E-state index contributed by atoms with van der Waals surface area (Å²) in [5.41, 5.74) is 2.13. The Morgan fingerprint density at radius 2 is 1.94 bits per heavy atom. The van der Waals surface area contributed by atoms with E-state index in [1.165, 1.54) is 17.7 Å². The van der Waals surface area contributed by atoms with Crippen LogP contribution in [0.25, 0.3) is 0 Å². The molecule has 2 aromatic rings. The first-order chi connectivity index (χ1) is 14.9. The third-order valence-corrected chi connectivity index (χ3v) is 6.37. The number of nitrogens with one attached hydrogen (secondary N) is 2. The van der Waals surface area contributed by atoms with E-state index in [9.17, 15) is 13.2 Å². The van der Waals surface area contributed by atoms with Gasteiger partial charge in [0.1, 0.15) is 0 Å². The van der Waals surface area contributed by atoms with Crippen molar-refractivity contribution in [3.8, 4) is 0 Å². The Labute approximate surface area is 182 Å². The van der Waals surface area contributed by atoms with E-state index in [1.54, 1.807) is 6.07 Å². The van der Waals surface area contributed by atoms with E-state index in [-0.39, 0.29) is 22.5 Å². The third kappa shape index (κ3) is 6.04. The fourth-order valence-electron chi connectivity index (χ4n) is 3.65. The second-order valence-electron chi connectivity index (χ2n) is 8.09. The Hall–Kier alpha value is -2.46. The standard InChI is InChI=1S/C22H28N4O4S/c23-31(28,29)19-8-9-21(25-17-6-7-17)20(12-19)22(27)24-13-18-15-26(10-11-30-18)14-16-4-2-1-3-5-16/h1-5,8-9,12,17-18,25H,6-7,10-11,13-15H2,(H,24,27)(H2,23,28,29). The van der Waals surface area contributed by atoms with Crippen LogP contribution in [0.15, 0.2) is 53.4 Å². The van der Waals surface area contributed by atoms with E-state index in [4.69, 9.17) is 9.88 Å². The molecule has 2 fully saturated rings. The lowest BCUT2D eigenvalue weighted by molar-refractivity contribution is -0.0292. The fourth-order valence-corrected chi connectivity index (χ4v) is 4.19. The van der Waals surface area contributed by atoms with E-state index in [0.717, 1.165) is 25.9 Å². The molecule has 0 aromatic heterocycles. The largest absolute Gasteiger partial charge is 0.382 e. The number of hydrogen-bond donors (Lipinski definition) is 3. The predicted octanol–water partition coefficient (Wildman–Crippen LogP) is 1.54. The Morgan fingerprint density at radius 3 is 2.65 bits per heavy atom. The number of amides is 1. The molecule has 1 saturated carbocycles. The minimum absolute atomic E-state index is 0.0815. The lowest BCUT2D eigenvalue weighted by atomic mass is 10.1. The van der Waals surface area contributed by atoms with E-state index < -0.39 is 10.0 Å². The van der Waals surface area contributed by atoms with Crippen LogP contribution in [-0.2, 0) is 21.3 Å². The molecule has 1 saturated heterocycles. The van der Waals surface area contributed by atoms with E-state index in [1.807, 2.05) is 18.2 Å². The Morgan fingerprint density at radius 1 is 1.16 bits per heavy atom. The highest BCUT2D eigenvalue weighted by atomic mass is 32.2. The van der Waals surface area contributed by atoms with Crippen LogP contribution in [0.2, 0.25) is 0 Å². The number of nitrogens with two attached hydrogens (primary N) is 1. The van der Waals surface area contributed by atoms with Gasteiger partial charge in [-0.15, -0.1) is 0 Å². The highest BCUT2D eigenvalue weighted by Crippen LogP contribution is 2.28. The monoisotopic (exact) mass is 444 g/mol. The van der Waals surface area contributed by atoms with Crippen LogP contribution in [0.1, 0.15) is 28.8 Å². The minimum atomic E-state index is -3.90. The van der Waals surface area contributed by atoms with Crippen molar-refractivity contribution in [1.82, 2.24) is 10.2 Å². The first-order valence-electron chi connectivity index (χ1n) is 10.5. The summed E-state index contributed by atoms with van der Waals surface area (Å²) in [5.74, 6) is -0.350. The third-order valence-electron chi connectivity index (χ3n) is 5.46. The van der Waals surface area contributed by atoms with Gasteiger partial charge in [0.05, 0.1) is 23.2 Å². The number of ether oxygens (including phenoxy) is 1. The number of benzene rings is 2. The minimum Gasteiger partial charge on any atom is -0.382 e. The van der Waals surface area contributed by atoms with Crippen LogP contribution in [-0.4, -0.2) is 57.6 Å². The number of rotatable bonds is 8. The molecule has 1 aliphatic carbocycles. The van der Waals surface area contributed by atoms with Gasteiger partial charge < -0.3 is 15.4 Å². The maximum atomic E-state index is 12.9. The van der Waals surface area contributed by atoms with Gasteiger partial charge in [-0.05, 0) is 36.6 Å². The molecule has 1 aliphatic heterocycles. The van der Waals surface area contributed by atoms with Crippen molar-refractivity contribution in [2.45, 2.75) is 36.4 Å². The number of nitrogens with zero attached hydrogens (tertiary/aromatic N) is 1. The van der Waals surface area contributed by atoms with Crippen molar-refractivity contribution >= 4 is 21.6 Å². The van der Waals surface area contributed by atoms with Crippen LogP contribution < -0.4 is 15.8 Å². The molecule has 31 heavy (non-hydrogen) atoms. The smallest absolute Gasteiger partial charge is 0.253 e. The van der Waals surface area contributed by atoms with Crippen molar-refractivity contribution in [2.24, 2.45) is 5.14 Å². The first kappa shape index (κ1) is 21.8. The molecule has 4 N–H and O–H groups in total. The van der Waals surface area contributed by atoms with Gasteiger partial charge in [0, 0.05) is 37.9 Å². The van der Waals surface area contributed by atoms with E-state index in [2.05, 4.69) is 27.7 Å². The second kappa shape index (κ2) is 9.35. The number of sulfonamides is 1. The summed E-state index contributed by atoms with van der Waals surface area (Å²) >= 11 is 0. The predicted molar refractivity (Wildman–Crippen MR) is 118 cm³/mol. The molecule has 9 heteroatoms. The normalized spacial score (nSPS) is 19.7. The summed E-state index contributed by atoms with van der Waals surface area (Å²) in [6, 6.07) is 14.9. The van der Waals surface area contributed by atoms with Crippen molar-refractivity contribution in [3.05, 3.63) is 59.7 Å². The summed E-state index contributed by atoms with van der Waals surface area (Å²) < 4.78 is 29.3. The molecule has 166 valence electrons. The van der Waals surface area contributed by atoms with Crippen molar-refractivity contribution in [3.63, 3.8) is 0 Å². The molecule has 4 rings (SSSR count). The lowest BCUT2D eigenvalue weighted by Crippen LogP contribution is -2.47. The summed E-state index contributed by atoms with van der Waals surface area (Å²) in [4.78, 5) is 15.1. The SMILES string of the molecule is NS(=O)(=O)c1ccc(NC2CC2)c(C(=O)NCC2CN(Cc3ccccc3)CCO2)c1. The lowest BCUT2D eigenvalue weighted by Gasteiger charge is -2.33. The van der Waals surface area contributed by atoms with Crippen LogP contribution in [0.3, 0.4) is 0 Å². The molecule has 0 radical (unpaired) electrons. The van der Waals surface area contributed by atoms with Crippen LogP contribution in [0, 0.1) is 0 Å². The summed E-state index contributed by atoms with van der Waals surface area (Å²) in [7, 11) is -3.90. The average Bonchev–Trinajstić information content (AvgIpc) is 3.57.